The molecular weight excluding hydrogens is 292 g/mol. The molecule has 1 aliphatic carbocycles. The minimum absolute atomic E-state index is 0.270. The minimum Gasteiger partial charge on any atom is -0.397 e. The van der Waals surface area contributed by atoms with E-state index in [-0.39, 0.29) is 4.90 Å². The fourth-order valence-corrected chi connectivity index (χ4v) is 4.10. The molecule has 0 aromatic heterocycles. The SMILES string of the molecule is CSC1CCCC(Nc2ccc(S(C)(=O)=O)cc2N)C1. The fraction of sp³-hybridized carbons (Fsp3) is 0.571. The maximum absolute atomic E-state index is 11.5. The quantitative estimate of drug-likeness (QED) is 0.836. The standard InChI is InChI=1S/C14H22N2O2S2/c1-19-11-5-3-4-10(8-11)16-14-7-6-12(9-13(14)15)20(2,17)18/h6-7,9-11,16H,3-5,8,15H2,1-2H3. The molecule has 0 aliphatic heterocycles. The summed E-state index contributed by atoms with van der Waals surface area (Å²) in [6.45, 7) is 0. The number of nitrogens with two attached hydrogens (primary N) is 1. The zero-order chi connectivity index (χ0) is 14.8. The van der Waals surface area contributed by atoms with E-state index < -0.39 is 9.84 Å². The average molecular weight is 314 g/mol. The zero-order valence-electron chi connectivity index (χ0n) is 11.9. The van der Waals surface area contributed by atoms with Crippen molar-refractivity contribution in [3.05, 3.63) is 18.2 Å². The Labute approximate surface area is 125 Å². The van der Waals surface area contributed by atoms with Gasteiger partial charge in [0, 0.05) is 17.5 Å². The summed E-state index contributed by atoms with van der Waals surface area (Å²) in [4.78, 5) is 0.270. The molecule has 1 aromatic rings. The first-order valence-corrected chi connectivity index (χ1v) is 9.97. The van der Waals surface area contributed by atoms with Crippen molar-refractivity contribution in [2.75, 3.05) is 23.6 Å². The number of nitrogen functional groups attached to an aromatic ring is 1. The smallest absolute Gasteiger partial charge is 0.175 e. The molecule has 0 radical (unpaired) electrons. The van der Waals surface area contributed by atoms with Gasteiger partial charge in [0.05, 0.1) is 16.3 Å². The van der Waals surface area contributed by atoms with Crippen molar-refractivity contribution in [2.45, 2.75) is 41.9 Å². The lowest BCUT2D eigenvalue weighted by molar-refractivity contribution is 0.474. The molecule has 1 saturated carbocycles. The summed E-state index contributed by atoms with van der Waals surface area (Å²) in [6.07, 6.45) is 8.13. The third-order valence-electron chi connectivity index (χ3n) is 3.77. The zero-order valence-corrected chi connectivity index (χ0v) is 13.6. The van der Waals surface area contributed by atoms with Crippen LogP contribution in [-0.4, -0.2) is 32.2 Å². The summed E-state index contributed by atoms with van der Waals surface area (Å²) in [5.41, 5.74) is 7.31. The molecule has 112 valence electrons. The van der Waals surface area contributed by atoms with E-state index in [9.17, 15) is 8.42 Å². The van der Waals surface area contributed by atoms with E-state index in [1.165, 1.54) is 25.2 Å². The number of rotatable bonds is 4. The Bertz CT molecular complexity index is 573. The number of thioether (sulfide) groups is 1. The molecule has 20 heavy (non-hydrogen) atoms. The molecule has 3 N–H and O–H groups in total. The molecule has 2 atom stereocenters. The molecule has 1 aromatic carbocycles. The highest BCUT2D eigenvalue weighted by Gasteiger charge is 2.21. The van der Waals surface area contributed by atoms with Gasteiger partial charge in [-0.05, 0) is 43.7 Å². The molecule has 0 spiro atoms. The summed E-state index contributed by atoms with van der Waals surface area (Å²) in [5, 5.41) is 4.17. The van der Waals surface area contributed by atoms with Crippen molar-refractivity contribution in [3.8, 4) is 0 Å². The van der Waals surface area contributed by atoms with Crippen molar-refractivity contribution in [2.24, 2.45) is 0 Å². The van der Waals surface area contributed by atoms with Gasteiger partial charge in [0.1, 0.15) is 0 Å². The van der Waals surface area contributed by atoms with Gasteiger partial charge in [-0.1, -0.05) is 6.42 Å². The summed E-state index contributed by atoms with van der Waals surface area (Å²) in [6, 6.07) is 5.34. The number of sulfone groups is 1. The van der Waals surface area contributed by atoms with E-state index in [1.807, 2.05) is 11.8 Å². The molecule has 2 unspecified atom stereocenters. The Balaban J connectivity index is 2.10. The lowest BCUT2D eigenvalue weighted by Gasteiger charge is -2.29. The van der Waals surface area contributed by atoms with E-state index >= 15 is 0 Å². The van der Waals surface area contributed by atoms with Crippen LogP contribution in [0, 0.1) is 0 Å². The molecule has 6 heteroatoms. The lowest BCUT2D eigenvalue weighted by atomic mass is 9.94. The number of hydrogen-bond donors (Lipinski definition) is 2. The third-order valence-corrected chi connectivity index (χ3v) is 5.98. The van der Waals surface area contributed by atoms with Crippen molar-refractivity contribution < 1.29 is 8.42 Å². The molecule has 4 nitrogen and oxygen atoms in total. The van der Waals surface area contributed by atoms with Crippen LogP contribution >= 0.6 is 11.8 Å². The first kappa shape index (κ1) is 15.5. The van der Waals surface area contributed by atoms with Crippen molar-refractivity contribution in [1.29, 1.82) is 0 Å². The molecule has 2 rings (SSSR count). The summed E-state index contributed by atoms with van der Waals surface area (Å²) in [7, 11) is -3.20. The van der Waals surface area contributed by atoms with Gasteiger partial charge in [0.15, 0.2) is 9.84 Å². The second-order valence-electron chi connectivity index (χ2n) is 5.39. The van der Waals surface area contributed by atoms with E-state index in [1.54, 1.807) is 12.1 Å². The van der Waals surface area contributed by atoms with E-state index in [0.29, 0.717) is 17.0 Å². The first-order valence-electron chi connectivity index (χ1n) is 6.79. The Morgan fingerprint density at radius 1 is 1.35 bits per heavy atom. The number of anilines is 2. The normalized spacial score (nSPS) is 23.5. The molecule has 0 bridgehead atoms. The number of benzene rings is 1. The minimum atomic E-state index is -3.20. The molecule has 0 amide bonds. The van der Waals surface area contributed by atoms with Crippen molar-refractivity contribution in [3.63, 3.8) is 0 Å². The van der Waals surface area contributed by atoms with Crippen LogP contribution in [0.3, 0.4) is 0 Å². The Kier molecular flexibility index (Phi) is 4.86. The predicted molar refractivity (Wildman–Crippen MR) is 87.1 cm³/mol. The van der Waals surface area contributed by atoms with Crippen LogP contribution in [0.25, 0.3) is 0 Å². The van der Waals surface area contributed by atoms with Crippen LogP contribution in [0.2, 0.25) is 0 Å². The Hall–Kier alpha value is -0.880. The van der Waals surface area contributed by atoms with E-state index in [4.69, 9.17) is 5.73 Å². The van der Waals surface area contributed by atoms with Crippen molar-refractivity contribution >= 4 is 33.0 Å². The van der Waals surface area contributed by atoms with Gasteiger partial charge < -0.3 is 11.1 Å². The van der Waals surface area contributed by atoms with Gasteiger partial charge in [-0.25, -0.2) is 8.42 Å². The summed E-state index contributed by atoms with van der Waals surface area (Å²) in [5.74, 6) is 0. The first-order chi connectivity index (χ1) is 9.40. The molecule has 1 aliphatic rings. The van der Waals surface area contributed by atoms with Gasteiger partial charge in [-0.15, -0.1) is 0 Å². The maximum Gasteiger partial charge on any atom is 0.175 e. The van der Waals surface area contributed by atoms with E-state index in [0.717, 1.165) is 18.5 Å². The molecular formula is C14H22N2O2S2. The summed E-state index contributed by atoms with van der Waals surface area (Å²) < 4.78 is 23.0. The highest BCUT2D eigenvalue weighted by molar-refractivity contribution is 7.99. The highest BCUT2D eigenvalue weighted by Crippen LogP contribution is 2.31. The monoisotopic (exact) mass is 314 g/mol. The topological polar surface area (TPSA) is 72.2 Å². The lowest BCUT2D eigenvalue weighted by Crippen LogP contribution is -2.28. The third kappa shape index (κ3) is 3.82. The molecule has 0 saturated heterocycles. The largest absolute Gasteiger partial charge is 0.397 e. The van der Waals surface area contributed by atoms with Crippen LogP contribution in [0.1, 0.15) is 25.7 Å². The second-order valence-corrected chi connectivity index (χ2v) is 8.54. The van der Waals surface area contributed by atoms with Crippen LogP contribution in [0.5, 0.6) is 0 Å². The Morgan fingerprint density at radius 3 is 2.70 bits per heavy atom. The number of hydrogen-bond acceptors (Lipinski definition) is 5. The Morgan fingerprint density at radius 2 is 2.10 bits per heavy atom. The van der Waals surface area contributed by atoms with Crippen LogP contribution in [-0.2, 0) is 9.84 Å². The summed E-state index contributed by atoms with van der Waals surface area (Å²) >= 11 is 1.92. The van der Waals surface area contributed by atoms with Gasteiger partial charge in [0.25, 0.3) is 0 Å². The predicted octanol–water partition coefficient (Wildman–Crippen LogP) is 2.76. The van der Waals surface area contributed by atoms with Gasteiger partial charge in [-0.3, -0.25) is 0 Å². The van der Waals surface area contributed by atoms with Gasteiger partial charge in [-0.2, -0.15) is 11.8 Å². The van der Waals surface area contributed by atoms with E-state index in [2.05, 4.69) is 11.6 Å². The molecule has 0 heterocycles. The van der Waals surface area contributed by atoms with Gasteiger partial charge >= 0.3 is 0 Å². The highest BCUT2D eigenvalue weighted by atomic mass is 32.2. The van der Waals surface area contributed by atoms with Gasteiger partial charge in [0.2, 0.25) is 0 Å². The average Bonchev–Trinajstić information content (AvgIpc) is 2.40. The van der Waals surface area contributed by atoms with Crippen LogP contribution < -0.4 is 11.1 Å². The van der Waals surface area contributed by atoms with Crippen LogP contribution in [0.4, 0.5) is 11.4 Å². The second kappa shape index (κ2) is 6.26. The van der Waals surface area contributed by atoms with Crippen molar-refractivity contribution in [1.82, 2.24) is 0 Å². The maximum atomic E-state index is 11.5. The fourth-order valence-electron chi connectivity index (χ4n) is 2.61. The van der Waals surface area contributed by atoms with Crippen LogP contribution in [0.15, 0.2) is 23.1 Å². The number of nitrogens with one attached hydrogen (secondary N) is 1. The molecule has 1 fully saturated rings.